The second-order valence-corrected chi connectivity index (χ2v) is 8.83. The van der Waals surface area contributed by atoms with E-state index >= 15 is 0 Å². The Morgan fingerprint density at radius 2 is 1.55 bits per heavy atom. The second kappa shape index (κ2) is 11.4. The highest BCUT2D eigenvalue weighted by molar-refractivity contribution is 7.92. The number of para-hydroxylation sites is 2. The third-order valence-electron chi connectivity index (χ3n) is 4.35. The van der Waals surface area contributed by atoms with Gasteiger partial charge >= 0.3 is 0 Å². The normalized spacial score (nSPS) is 10.8. The van der Waals surface area contributed by atoms with E-state index in [2.05, 4.69) is 15.4 Å². The number of hydrogen-bond acceptors (Lipinski definition) is 6. The Bertz CT molecular complexity index is 1200. The maximum absolute atomic E-state index is 12.6. The minimum Gasteiger partial charge on any atom is -0.490 e. The third-order valence-corrected chi connectivity index (χ3v) is 5.95. The number of thiocarbonyl (C=S) groups is 1. The van der Waals surface area contributed by atoms with Crippen molar-refractivity contribution < 1.29 is 22.7 Å². The van der Waals surface area contributed by atoms with Crippen molar-refractivity contribution in [3.63, 3.8) is 0 Å². The molecule has 0 fully saturated rings. The molecule has 0 heterocycles. The molecule has 10 heteroatoms. The zero-order chi connectivity index (χ0) is 23.7. The lowest BCUT2D eigenvalue weighted by molar-refractivity contribution is 0.0970. The molecule has 33 heavy (non-hydrogen) atoms. The fraction of sp³-hybridized carbons (Fsp3) is 0.130. The van der Waals surface area contributed by atoms with E-state index in [4.69, 9.17) is 21.7 Å². The first-order valence-electron chi connectivity index (χ1n) is 9.90. The first-order valence-corrected chi connectivity index (χ1v) is 11.8. The number of nitrogens with one attached hydrogen (secondary N) is 3. The van der Waals surface area contributed by atoms with Crippen LogP contribution in [0.5, 0.6) is 5.75 Å². The average molecular weight is 486 g/mol. The molecule has 8 nitrogen and oxygen atoms in total. The minimum atomic E-state index is -3.73. The third kappa shape index (κ3) is 7.01. The lowest BCUT2D eigenvalue weighted by Crippen LogP contribution is -2.34. The van der Waals surface area contributed by atoms with Crippen molar-refractivity contribution in [3.05, 3.63) is 84.4 Å². The van der Waals surface area contributed by atoms with Gasteiger partial charge in [0.2, 0.25) is 0 Å². The molecule has 3 aromatic rings. The highest BCUT2D eigenvalue weighted by atomic mass is 32.2. The summed E-state index contributed by atoms with van der Waals surface area (Å²) in [5.41, 5.74) is 1.31. The van der Waals surface area contributed by atoms with Crippen molar-refractivity contribution in [2.75, 3.05) is 30.4 Å². The quantitative estimate of drug-likeness (QED) is 0.314. The van der Waals surface area contributed by atoms with Crippen LogP contribution < -0.4 is 20.1 Å². The predicted octanol–water partition coefficient (Wildman–Crippen LogP) is 3.64. The molecular formula is C23H23N3O5S2. The van der Waals surface area contributed by atoms with Gasteiger partial charge in [-0.25, -0.2) is 8.42 Å². The average Bonchev–Trinajstić information content (AvgIpc) is 2.80. The van der Waals surface area contributed by atoms with Crippen LogP contribution in [0.4, 0.5) is 11.4 Å². The van der Waals surface area contributed by atoms with E-state index in [-0.39, 0.29) is 10.0 Å². The molecule has 0 radical (unpaired) electrons. The Labute approximate surface area is 198 Å². The molecule has 3 aromatic carbocycles. The van der Waals surface area contributed by atoms with Gasteiger partial charge in [-0.15, -0.1) is 0 Å². The number of anilines is 2. The van der Waals surface area contributed by atoms with Gasteiger partial charge in [-0.05, 0) is 60.7 Å². The summed E-state index contributed by atoms with van der Waals surface area (Å²) in [5, 5.41) is 5.52. The van der Waals surface area contributed by atoms with Gasteiger partial charge in [0.1, 0.15) is 12.4 Å². The zero-order valence-corrected chi connectivity index (χ0v) is 19.4. The van der Waals surface area contributed by atoms with Crippen molar-refractivity contribution in [2.24, 2.45) is 0 Å². The van der Waals surface area contributed by atoms with Crippen LogP contribution in [0.15, 0.2) is 83.8 Å². The number of carbonyl (C=O) groups excluding carboxylic acids is 1. The van der Waals surface area contributed by atoms with E-state index in [0.717, 1.165) is 0 Å². The second-order valence-electron chi connectivity index (χ2n) is 6.74. The first-order chi connectivity index (χ1) is 15.9. The maximum atomic E-state index is 12.6. The minimum absolute atomic E-state index is 0.0599. The van der Waals surface area contributed by atoms with Crippen LogP contribution in [0.2, 0.25) is 0 Å². The number of rotatable bonds is 9. The van der Waals surface area contributed by atoms with Gasteiger partial charge < -0.3 is 14.8 Å². The molecule has 0 aromatic heterocycles. The van der Waals surface area contributed by atoms with E-state index < -0.39 is 15.9 Å². The summed E-state index contributed by atoms with van der Waals surface area (Å²) >= 11 is 5.22. The molecule has 0 unspecified atom stereocenters. The molecule has 0 saturated heterocycles. The van der Waals surface area contributed by atoms with Crippen molar-refractivity contribution in [2.45, 2.75) is 4.90 Å². The van der Waals surface area contributed by atoms with Crippen molar-refractivity contribution in [3.8, 4) is 5.75 Å². The fourth-order valence-corrected chi connectivity index (χ4v) is 4.05. The van der Waals surface area contributed by atoms with Crippen LogP contribution in [0.1, 0.15) is 10.4 Å². The van der Waals surface area contributed by atoms with Crippen LogP contribution in [-0.2, 0) is 14.8 Å². The van der Waals surface area contributed by atoms with Gasteiger partial charge in [-0.3, -0.25) is 14.8 Å². The summed E-state index contributed by atoms with van der Waals surface area (Å²) in [5.74, 6) is -0.0258. The lowest BCUT2D eigenvalue weighted by atomic mass is 10.2. The molecule has 1 amide bonds. The van der Waals surface area contributed by atoms with Crippen LogP contribution >= 0.6 is 12.2 Å². The molecular weight excluding hydrogens is 462 g/mol. The lowest BCUT2D eigenvalue weighted by Gasteiger charge is -2.13. The topological polar surface area (TPSA) is 106 Å². The Morgan fingerprint density at radius 1 is 0.879 bits per heavy atom. The van der Waals surface area contributed by atoms with Gasteiger partial charge in [-0.2, -0.15) is 0 Å². The highest BCUT2D eigenvalue weighted by Gasteiger charge is 2.16. The van der Waals surface area contributed by atoms with Crippen molar-refractivity contribution >= 4 is 44.6 Å². The number of carbonyl (C=O) groups is 1. The molecule has 0 aliphatic heterocycles. The van der Waals surface area contributed by atoms with E-state index in [1.54, 1.807) is 73.8 Å². The Hall–Kier alpha value is -3.47. The summed E-state index contributed by atoms with van der Waals surface area (Å²) in [6, 6.07) is 21.4. The summed E-state index contributed by atoms with van der Waals surface area (Å²) in [6.07, 6.45) is 0. The van der Waals surface area contributed by atoms with Gasteiger partial charge in [0.25, 0.3) is 15.9 Å². The molecule has 3 N–H and O–H groups in total. The molecule has 172 valence electrons. The summed E-state index contributed by atoms with van der Waals surface area (Å²) in [7, 11) is -2.17. The number of ether oxygens (including phenoxy) is 2. The van der Waals surface area contributed by atoms with E-state index in [0.29, 0.717) is 35.9 Å². The number of hydrogen-bond donors (Lipinski definition) is 3. The summed E-state index contributed by atoms with van der Waals surface area (Å²) in [4.78, 5) is 12.7. The first kappa shape index (κ1) is 24.2. The standard InChI is InChI=1S/C23H23N3O5S2/c1-30-15-16-31-21-10-6-5-9-20(21)22(27)25-23(32)24-17-11-13-19(14-12-17)33(28,29)26-18-7-3-2-4-8-18/h2-14,26H,15-16H2,1H3,(H2,24,25,27,32). The van der Waals surface area contributed by atoms with Crippen molar-refractivity contribution in [1.29, 1.82) is 0 Å². The molecule has 0 spiro atoms. The van der Waals surface area contributed by atoms with Gasteiger partial charge in [-0.1, -0.05) is 30.3 Å². The highest BCUT2D eigenvalue weighted by Crippen LogP contribution is 2.19. The zero-order valence-electron chi connectivity index (χ0n) is 17.8. The Balaban J connectivity index is 1.60. The predicted molar refractivity (Wildman–Crippen MR) is 131 cm³/mol. The molecule has 0 bridgehead atoms. The summed E-state index contributed by atoms with van der Waals surface area (Å²) in [6.45, 7) is 0.695. The Morgan fingerprint density at radius 3 is 2.24 bits per heavy atom. The SMILES string of the molecule is COCCOc1ccccc1C(=O)NC(=S)Nc1ccc(S(=O)(=O)Nc2ccccc2)cc1. The maximum Gasteiger partial charge on any atom is 0.261 e. The van der Waals surface area contributed by atoms with E-state index in [1.807, 2.05) is 0 Å². The fourth-order valence-electron chi connectivity index (χ4n) is 2.79. The van der Waals surface area contributed by atoms with Crippen LogP contribution in [-0.4, -0.2) is 39.8 Å². The molecule has 0 aliphatic carbocycles. The molecule has 3 rings (SSSR count). The summed E-state index contributed by atoms with van der Waals surface area (Å²) < 4.78 is 38.1. The van der Waals surface area contributed by atoms with Crippen LogP contribution in [0.3, 0.4) is 0 Å². The van der Waals surface area contributed by atoms with Gasteiger partial charge in [0.15, 0.2) is 5.11 Å². The largest absolute Gasteiger partial charge is 0.490 e. The van der Waals surface area contributed by atoms with Crippen molar-refractivity contribution in [1.82, 2.24) is 5.32 Å². The van der Waals surface area contributed by atoms with E-state index in [1.165, 1.54) is 12.1 Å². The number of methoxy groups -OCH3 is 1. The van der Waals surface area contributed by atoms with Gasteiger partial charge in [0.05, 0.1) is 17.1 Å². The molecule has 0 atom stereocenters. The molecule has 0 aliphatic rings. The van der Waals surface area contributed by atoms with E-state index in [9.17, 15) is 13.2 Å². The smallest absolute Gasteiger partial charge is 0.261 e. The molecule has 0 saturated carbocycles. The monoisotopic (exact) mass is 485 g/mol. The number of amides is 1. The van der Waals surface area contributed by atoms with Gasteiger partial charge in [0, 0.05) is 18.5 Å². The Kier molecular flexibility index (Phi) is 8.36. The number of benzene rings is 3. The number of sulfonamides is 1. The van der Waals surface area contributed by atoms with Crippen LogP contribution in [0.25, 0.3) is 0 Å². The van der Waals surface area contributed by atoms with Crippen LogP contribution in [0, 0.1) is 0 Å².